The van der Waals surface area contributed by atoms with Crippen molar-refractivity contribution in [3.63, 3.8) is 0 Å². The van der Waals surface area contributed by atoms with E-state index in [1.165, 1.54) is 56.9 Å². The number of hydrogen-bond donors (Lipinski definition) is 1. The molecule has 1 aromatic carbocycles. The molecule has 3 atom stereocenters. The summed E-state index contributed by atoms with van der Waals surface area (Å²) in [7, 11) is 0. The largest absolute Gasteiger partial charge is 0.460 e. The maximum atomic E-state index is 11.6. The Morgan fingerprint density at radius 1 is 0.880 bits per heavy atom. The summed E-state index contributed by atoms with van der Waals surface area (Å²) in [5, 5.41) is 9.90. The highest BCUT2D eigenvalue weighted by molar-refractivity contribution is 5.75. The minimum atomic E-state index is -0.608. The van der Waals surface area contributed by atoms with Gasteiger partial charge in [0.1, 0.15) is 12.2 Å². The van der Waals surface area contributed by atoms with Crippen LogP contribution in [0.1, 0.15) is 76.7 Å². The number of rotatable bonds is 12. The number of benzene rings is 1. The highest BCUT2D eigenvalue weighted by Gasteiger charge is 2.40. The van der Waals surface area contributed by atoms with E-state index in [9.17, 15) is 9.90 Å². The Labute approximate surface area is 152 Å². The molecule has 140 valence electrons. The van der Waals surface area contributed by atoms with Crippen LogP contribution in [0.25, 0.3) is 0 Å². The number of ether oxygens (including phenoxy) is 1. The van der Waals surface area contributed by atoms with Crippen molar-refractivity contribution in [2.75, 3.05) is 0 Å². The van der Waals surface area contributed by atoms with Crippen molar-refractivity contribution in [1.82, 2.24) is 0 Å². The molecule has 1 saturated heterocycles. The average Bonchev–Trinajstić information content (AvgIpc) is 2.86. The van der Waals surface area contributed by atoms with Crippen LogP contribution in [0.2, 0.25) is 0 Å². The van der Waals surface area contributed by atoms with Crippen LogP contribution >= 0.6 is 0 Å². The number of cyclic esters (lactones) is 1. The van der Waals surface area contributed by atoms with Crippen molar-refractivity contribution in [2.45, 2.75) is 89.8 Å². The predicted octanol–water partition coefficient (Wildman–Crippen LogP) is 5.05. The maximum absolute atomic E-state index is 11.6. The van der Waals surface area contributed by atoms with Crippen molar-refractivity contribution in [3.8, 4) is 0 Å². The molecule has 1 heterocycles. The second-order valence-corrected chi connectivity index (χ2v) is 7.45. The average molecular weight is 347 g/mol. The third kappa shape index (κ3) is 7.19. The van der Waals surface area contributed by atoms with Gasteiger partial charge >= 0.3 is 5.97 Å². The normalized spacial score (nSPS) is 23.0. The van der Waals surface area contributed by atoms with Crippen molar-refractivity contribution in [2.24, 2.45) is 5.92 Å². The van der Waals surface area contributed by atoms with Crippen molar-refractivity contribution < 1.29 is 14.6 Å². The Bertz CT molecular complexity index is 485. The van der Waals surface area contributed by atoms with Gasteiger partial charge in [-0.2, -0.15) is 0 Å². The Balaban J connectivity index is 1.37. The molecule has 1 aromatic rings. The summed E-state index contributed by atoms with van der Waals surface area (Å²) >= 11 is 0. The monoisotopic (exact) mass is 346 g/mol. The zero-order valence-corrected chi connectivity index (χ0v) is 15.7. The molecule has 0 unspecified atom stereocenters. The fraction of sp³-hybridized carbons (Fsp3) is 0.682. The second-order valence-electron chi connectivity index (χ2n) is 7.45. The zero-order valence-electron chi connectivity index (χ0n) is 15.7. The van der Waals surface area contributed by atoms with E-state index in [-0.39, 0.29) is 18.0 Å². The first-order valence-electron chi connectivity index (χ1n) is 10.1. The maximum Gasteiger partial charge on any atom is 0.312 e. The van der Waals surface area contributed by atoms with Gasteiger partial charge in [0.2, 0.25) is 0 Å². The van der Waals surface area contributed by atoms with Crippen LogP contribution in [-0.2, 0) is 16.0 Å². The fourth-order valence-corrected chi connectivity index (χ4v) is 3.67. The molecule has 3 heteroatoms. The summed E-state index contributed by atoms with van der Waals surface area (Å²) in [5.41, 5.74) is 1.45. The lowest BCUT2D eigenvalue weighted by Crippen LogP contribution is -2.24. The molecule has 0 amide bonds. The molecule has 0 aromatic heterocycles. The number of aliphatic hydroxyl groups excluding tert-OH is 1. The Hall–Kier alpha value is -1.35. The van der Waals surface area contributed by atoms with Crippen molar-refractivity contribution >= 4 is 5.97 Å². The van der Waals surface area contributed by atoms with E-state index < -0.39 is 6.10 Å². The lowest BCUT2D eigenvalue weighted by atomic mass is 9.95. The number of unbranched alkanes of at least 4 members (excludes halogenated alkanes) is 8. The first-order chi connectivity index (χ1) is 12.2. The van der Waals surface area contributed by atoms with Crippen LogP contribution in [0.4, 0.5) is 0 Å². The molecule has 1 fully saturated rings. The lowest BCUT2D eigenvalue weighted by Gasteiger charge is -2.11. The van der Waals surface area contributed by atoms with E-state index in [2.05, 4.69) is 30.3 Å². The Morgan fingerprint density at radius 2 is 1.44 bits per heavy atom. The smallest absolute Gasteiger partial charge is 0.312 e. The molecular formula is C22H34O3. The molecule has 0 aliphatic carbocycles. The SMILES string of the molecule is C[C@@H]1OC(=O)[C@@H](CCCCCCCCCCCc2ccccc2)[C@H]1O. The second kappa shape index (κ2) is 11.3. The van der Waals surface area contributed by atoms with E-state index >= 15 is 0 Å². The quantitative estimate of drug-likeness (QED) is 0.425. The van der Waals surface area contributed by atoms with Crippen LogP contribution in [-0.4, -0.2) is 23.3 Å². The van der Waals surface area contributed by atoms with Crippen molar-refractivity contribution in [1.29, 1.82) is 0 Å². The standard InChI is InChI=1S/C22H34O3/c1-18-21(23)20(22(24)25-18)17-13-8-6-4-2-3-5-7-10-14-19-15-11-9-12-16-19/h9,11-12,15-16,18,20-21,23H,2-8,10,13-14,17H2,1H3/t18-,20-,21-/m0/s1. The van der Waals surface area contributed by atoms with Gasteiger partial charge in [-0.1, -0.05) is 81.7 Å². The van der Waals surface area contributed by atoms with Gasteiger partial charge in [0.25, 0.3) is 0 Å². The van der Waals surface area contributed by atoms with Crippen LogP contribution < -0.4 is 0 Å². The van der Waals surface area contributed by atoms with Crippen LogP contribution in [0.3, 0.4) is 0 Å². The van der Waals surface area contributed by atoms with Gasteiger partial charge in [-0.25, -0.2) is 0 Å². The molecule has 2 rings (SSSR count). The van der Waals surface area contributed by atoms with E-state index in [4.69, 9.17) is 4.74 Å². The van der Waals surface area contributed by atoms with Gasteiger partial charge in [-0.3, -0.25) is 4.79 Å². The molecule has 0 spiro atoms. The molecule has 1 N–H and O–H groups in total. The molecule has 0 bridgehead atoms. The molecule has 3 nitrogen and oxygen atoms in total. The van der Waals surface area contributed by atoms with Gasteiger partial charge in [-0.05, 0) is 31.7 Å². The van der Waals surface area contributed by atoms with E-state index in [1.54, 1.807) is 6.92 Å². The first-order valence-corrected chi connectivity index (χ1v) is 10.1. The fourth-order valence-electron chi connectivity index (χ4n) is 3.67. The molecule has 0 radical (unpaired) electrons. The summed E-state index contributed by atoms with van der Waals surface area (Å²) in [6.45, 7) is 1.77. The summed E-state index contributed by atoms with van der Waals surface area (Å²) < 4.78 is 5.07. The number of esters is 1. The Kier molecular flexibility index (Phi) is 9.03. The first kappa shape index (κ1) is 20.0. The number of carbonyl (C=O) groups is 1. The minimum absolute atomic E-state index is 0.212. The van der Waals surface area contributed by atoms with Gasteiger partial charge in [0, 0.05) is 0 Å². The number of carbonyl (C=O) groups excluding carboxylic acids is 1. The van der Waals surface area contributed by atoms with Crippen LogP contribution in [0, 0.1) is 5.92 Å². The molecular weight excluding hydrogens is 312 g/mol. The predicted molar refractivity (Wildman–Crippen MR) is 101 cm³/mol. The van der Waals surface area contributed by atoms with E-state index in [1.807, 2.05) is 0 Å². The third-order valence-corrected chi connectivity index (χ3v) is 5.32. The molecule has 1 aliphatic heterocycles. The van der Waals surface area contributed by atoms with Crippen molar-refractivity contribution in [3.05, 3.63) is 35.9 Å². The zero-order chi connectivity index (χ0) is 17.9. The van der Waals surface area contributed by atoms with Crippen LogP contribution in [0.15, 0.2) is 30.3 Å². The third-order valence-electron chi connectivity index (χ3n) is 5.32. The number of aryl methyl sites for hydroxylation is 1. The summed E-state index contributed by atoms with van der Waals surface area (Å²) in [5.74, 6) is -0.505. The molecule has 1 aliphatic rings. The minimum Gasteiger partial charge on any atom is -0.460 e. The van der Waals surface area contributed by atoms with E-state index in [0.717, 1.165) is 19.3 Å². The van der Waals surface area contributed by atoms with Gasteiger partial charge < -0.3 is 9.84 Å². The number of aliphatic hydroxyl groups is 1. The topological polar surface area (TPSA) is 46.5 Å². The van der Waals surface area contributed by atoms with Gasteiger partial charge in [0.15, 0.2) is 0 Å². The van der Waals surface area contributed by atoms with Gasteiger partial charge in [0.05, 0.1) is 5.92 Å². The van der Waals surface area contributed by atoms with Crippen LogP contribution in [0.5, 0.6) is 0 Å². The summed E-state index contributed by atoms with van der Waals surface area (Å²) in [6.07, 6.45) is 12.3. The molecule has 0 saturated carbocycles. The highest BCUT2D eigenvalue weighted by atomic mass is 16.6. The summed E-state index contributed by atoms with van der Waals surface area (Å²) in [6, 6.07) is 10.7. The highest BCUT2D eigenvalue weighted by Crippen LogP contribution is 2.26. The van der Waals surface area contributed by atoms with E-state index in [0.29, 0.717) is 0 Å². The lowest BCUT2D eigenvalue weighted by molar-refractivity contribution is -0.143. The summed E-state index contributed by atoms with van der Waals surface area (Å²) in [4.78, 5) is 11.6. The number of hydrogen-bond acceptors (Lipinski definition) is 3. The Morgan fingerprint density at radius 3 is 2.00 bits per heavy atom. The van der Waals surface area contributed by atoms with Gasteiger partial charge in [-0.15, -0.1) is 0 Å². The molecule has 25 heavy (non-hydrogen) atoms.